The van der Waals surface area contributed by atoms with Crippen LogP contribution in [-0.4, -0.2) is 54.8 Å². The first-order valence-electron chi connectivity index (χ1n) is 8.37. The summed E-state index contributed by atoms with van der Waals surface area (Å²) in [6.45, 7) is 2.29. The van der Waals surface area contributed by atoms with Crippen molar-refractivity contribution in [2.45, 2.75) is 6.10 Å². The van der Waals surface area contributed by atoms with Gasteiger partial charge in [-0.2, -0.15) is 0 Å². The molecule has 1 aromatic heterocycles. The average Bonchev–Trinajstić information content (AvgIpc) is 3.22. The zero-order valence-electron chi connectivity index (χ0n) is 14.2. The first-order valence-corrected chi connectivity index (χ1v) is 8.37. The predicted molar refractivity (Wildman–Crippen MR) is 93.9 cm³/mol. The number of anilines is 1. The van der Waals surface area contributed by atoms with Gasteiger partial charge in [0.15, 0.2) is 0 Å². The van der Waals surface area contributed by atoms with Gasteiger partial charge in [-0.3, -0.25) is 4.79 Å². The third-order valence-electron chi connectivity index (χ3n) is 4.02. The molecular formula is C18H21N3O5. The molecule has 1 fully saturated rings. The molecule has 26 heavy (non-hydrogen) atoms. The van der Waals surface area contributed by atoms with Gasteiger partial charge in [-0.1, -0.05) is 0 Å². The summed E-state index contributed by atoms with van der Waals surface area (Å²) in [6, 6.07) is 9.51. The summed E-state index contributed by atoms with van der Waals surface area (Å²) < 4.78 is 10.3. The number of rotatable bonds is 5. The molecule has 0 unspecified atom stereocenters. The van der Waals surface area contributed by atoms with Crippen molar-refractivity contribution in [2.24, 2.45) is 0 Å². The standard InChI is InChI=1S/C18H21N3O5/c22-15(16-2-1-9-26-16)12-19-18(24)20-14-5-3-13(4-6-14)17(23)21-7-10-25-11-8-21/h1-6,9,15,22H,7-8,10-12H2,(H2,19,20,24)/t15-/m1/s1. The summed E-state index contributed by atoms with van der Waals surface area (Å²) in [4.78, 5) is 26.0. The van der Waals surface area contributed by atoms with E-state index < -0.39 is 12.1 Å². The summed E-state index contributed by atoms with van der Waals surface area (Å²) >= 11 is 0. The van der Waals surface area contributed by atoms with Crippen LogP contribution in [0.2, 0.25) is 0 Å². The van der Waals surface area contributed by atoms with Crippen molar-refractivity contribution in [1.29, 1.82) is 0 Å². The summed E-state index contributed by atoms with van der Waals surface area (Å²) in [7, 11) is 0. The number of furan rings is 1. The number of carbonyl (C=O) groups excluding carboxylic acids is 2. The smallest absolute Gasteiger partial charge is 0.319 e. The molecule has 0 aliphatic carbocycles. The van der Waals surface area contributed by atoms with Crippen LogP contribution >= 0.6 is 0 Å². The lowest BCUT2D eigenvalue weighted by Gasteiger charge is -2.26. The number of hydrogen-bond acceptors (Lipinski definition) is 5. The van der Waals surface area contributed by atoms with E-state index >= 15 is 0 Å². The first kappa shape index (κ1) is 18.0. The number of carbonyl (C=O) groups is 2. The second kappa shape index (κ2) is 8.50. The molecule has 0 radical (unpaired) electrons. The van der Waals surface area contributed by atoms with Crippen molar-refractivity contribution in [3.8, 4) is 0 Å². The minimum absolute atomic E-state index is 0.0208. The Morgan fingerprint density at radius 3 is 2.54 bits per heavy atom. The van der Waals surface area contributed by atoms with Crippen LogP contribution in [-0.2, 0) is 4.74 Å². The van der Waals surface area contributed by atoms with Crippen LogP contribution in [0, 0.1) is 0 Å². The fourth-order valence-corrected chi connectivity index (χ4v) is 2.59. The highest BCUT2D eigenvalue weighted by Crippen LogP contribution is 2.14. The maximum absolute atomic E-state index is 12.4. The second-order valence-corrected chi connectivity index (χ2v) is 5.85. The van der Waals surface area contributed by atoms with Crippen molar-refractivity contribution < 1.29 is 23.8 Å². The highest BCUT2D eigenvalue weighted by atomic mass is 16.5. The molecule has 1 saturated heterocycles. The predicted octanol–water partition coefficient (Wildman–Crippen LogP) is 1.61. The van der Waals surface area contributed by atoms with Crippen LogP contribution < -0.4 is 10.6 Å². The van der Waals surface area contributed by atoms with Gasteiger partial charge < -0.3 is 29.8 Å². The van der Waals surface area contributed by atoms with Crippen LogP contribution in [0.4, 0.5) is 10.5 Å². The summed E-state index contributed by atoms with van der Waals surface area (Å²) in [6.07, 6.45) is 0.544. The van der Waals surface area contributed by atoms with Crippen LogP contribution in [0.15, 0.2) is 47.1 Å². The van der Waals surface area contributed by atoms with Crippen molar-refractivity contribution in [3.05, 3.63) is 54.0 Å². The summed E-state index contributed by atoms with van der Waals surface area (Å²) in [5.74, 6) is 0.335. The van der Waals surface area contributed by atoms with Gasteiger partial charge in [0.25, 0.3) is 5.91 Å². The van der Waals surface area contributed by atoms with Crippen LogP contribution in [0.1, 0.15) is 22.2 Å². The van der Waals surface area contributed by atoms with Crippen LogP contribution in [0.5, 0.6) is 0 Å². The van der Waals surface area contributed by atoms with E-state index in [1.165, 1.54) is 6.26 Å². The lowest BCUT2D eigenvalue weighted by molar-refractivity contribution is 0.0303. The number of urea groups is 1. The first-order chi connectivity index (χ1) is 12.6. The molecule has 0 spiro atoms. The Balaban J connectivity index is 1.48. The molecule has 0 saturated carbocycles. The van der Waals surface area contributed by atoms with E-state index in [0.29, 0.717) is 43.3 Å². The van der Waals surface area contributed by atoms with Crippen molar-refractivity contribution in [1.82, 2.24) is 10.2 Å². The number of nitrogens with zero attached hydrogens (tertiary/aromatic N) is 1. The fraction of sp³-hybridized carbons (Fsp3) is 0.333. The lowest BCUT2D eigenvalue weighted by Crippen LogP contribution is -2.40. The van der Waals surface area contributed by atoms with Gasteiger partial charge in [-0.15, -0.1) is 0 Å². The largest absolute Gasteiger partial charge is 0.467 e. The highest BCUT2D eigenvalue weighted by Gasteiger charge is 2.18. The Kier molecular flexibility index (Phi) is 5.88. The SMILES string of the molecule is O=C(NC[C@@H](O)c1ccco1)Nc1ccc(C(=O)N2CCOCC2)cc1. The van der Waals surface area contributed by atoms with E-state index in [-0.39, 0.29) is 12.5 Å². The van der Waals surface area contributed by atoms with Crippen LogP contribution in [0.3, 0.4) is 0 Å². The minimum atomic E-state index is -0.913. The molecule has 3 N–H and O–H groups in total. The molecule has 138 valence electrons. The topological polar surface area (TPSA) is 104 Å². The third-order valence-corrected chi connectivity index (χ3v) is 4.02. The monoisotopic (exact) mass is 359 g/mol. The van der Waals surface area contributed by atoms with Gasteiger partial charge in [0.05, 0.1) is 26.0 Å². The second-order valence-electron chi connectivity index (χ2n) is 5.85. The molecule has 3 amide bonds. The van der Waals surface area contributed by atoms with Crippen LogP contribution in [0.25, 0.3) is 0 Å². The Hall–Kier alpha value is -2.84. The molecule has 8 heteroatoms. The normalized spacial score (nSPS) is 15.3. The van der Waals surface area contributed by atoms with Gasteiger partial charge in [-0.05, 0) is 36.4 Å². The van der Waals surface area contributed by atoms with Crippen molar-refractivity contribution in [2.75, 3.05) is 38.2 Å². The van der Waals surface area contributed by atoms with E-state index in [0.717, 1.165) is 0 Å². The van der Waals surface area contributed by atoms with Gasteiger partial charge in [0.2, 0.25) is 0 Å². The van der Waals surface area contributed by atoms with E-state index in [9.17, 15) is 14.7 Å². The molecule has 2 heterocycles. The number of morpholine rings is 1. The summed E-state index contributed by atoms with van der Waals surface area (Å²) in [5, 5.41) is 15.1. The number of hydrogen-bond donors (Lipinski definition) is 3. The third kappa shape index (κ3) is 4.62. The van der Waals surface area contributed by atoms with Gasteiger partial charge in [0, 0.05) is 24.3 Å². The molecule has 1 aromatic carbocycles. The van der Waals surface area contributed by atoms with Gasteiger partial charge in [-0.25, -0.2) is 4.79 Å². The maximum atomic E-state index is 12.4. The van der Waals surface area contributed by atoms with E-state index in [1.807, 2.05) is 0 Å². The molecular weight excluding hydrogens is 338 g/mol. The molecule has 3 rings (SSSR count). The molecule has 1 aliphatic heterocycles. The number of amides is 3. The number of ether oxygens (including phenoxy) is 1. The lowest BCUT2D eigenvalue weighted by atomic mass is 10.1. The fourth-order valence-electron chi connectivity index (χ4n) is 2.59. The Bertz CT molecular complexity index is 724. The quantitative estimate of drug-likeness (QED) is 0.752. The zero-order chi connectivity index (χ0) is 18.4. The molecule has 1 atom stereocenters. The molecule has 1 aliphatic rings. The molecule has 0 bridgehead atoms. The zero-order valence-corrected chi connectivity index (χ0v) is 14.2. The highest BCUT2D eigenvalue weighted by molar-refractivity contribution is 5.95. The average molecular weight is 359 g/mol. The number of aliphatic hydroxyl groups excluding tert-OH is 1. The Morgan fingerprint density at radius 1 is 1.15 bits per heavy atom. The number of aliphatic hydroxyl groups is 1. The van der Waals surface area contributed by atoms with Crippen molar-refractivity contribution in [3.63, 3.8) is 0 Å². The van der Waals surface area contributed by atoms with E-state index in [1.54, 1.807) is 41.3 Å². The molecule has 2 aromatic rings. The Labute approximate surface area is 150 Å². The van der Waals surface area contributed by atoms with Gasteiger partial charge >= 0.3 is 6.03 Å². The van der Waals surface area contributed by atoms with E-state index in [2.05, 4.69) is 10.6 Å². The Morgan fingerprint density at radius 2 is 1.88 bits per heavy atom. The van der Waals surface area contributed by atoms with Crippen molar-refractivity contribution >= 4 is 17.6 Å². The van der Waals surface area contributed by atoms with Gasteiger partial charge in [0.1, 0.15) is 11.9 Å². The maximum Gasteiger partial charge on any atom is 0.319 e. The van der Waals surface area contributed by atoms with E-state index in [4.69, 9.17) is 9.15 Å². The molecule has 8 nitrogen and oxygen atoms in total. The number of benzene rings is 1. The summed E-state index contributed by atoms with van der Waals surface area (Å²) in [5.41, 5.74) is 1.11. The number of nitrogens with one attached hydrogen (secondary N) is 2. The minimum Gasteiger partial charge on any atom is -0.467 e.